The molecule has 0 radical (unpaired) electrons. The van der Waals surface area contributed by atoms with E-state index in [-0.39, 0.29) is 22.4 Å². The number of carbonyl (C=O) groups excluding carboxylic acids is 1. The van der Waals surface area contributed by atoms with Crippen LogP contribution >= 0.6 is 11.6 Å². The first-order valence-corrected chi connectivity index (χ1v) is 9.91. The second kappa shape index (κ2) is 7.02. The molecule has 3 heterocycles. The second-order valence-electron chi connectivity index (χ2n) is 7.56. The molecule has 30 heavy (non-hydrogen) atoms. The molecule has 1 unspecified atom stereocenters. The molecule has 1 saturated carbocycles. The van der Waals surface area contributed by atoms with Gasteiger partial charge in [-0.2, -0.15) is 5.10 Å². The van der Waals surface area contributed by atoms with Crippen LogP contribution in [-0.4, -0.2) is 37.1 Å². The third-order valence-corrected chi connectivity index (χ3v) is 5.70. The summed E-state index contributed by atoms with van der Waals surface area (Å²) in [7, 11) is 0. The van der Waals surface area contributed by atoms with Gasteiger partial charge in [-0.25, -0.2) is 9.37 Å². The molecule has 0 spiro atoms. The minimum absolute atomic E-state index is 0.0469. The van der Waals surface area contributed by atoms with Crippen LogP contribution in [-0.2, 0) is 4.79 Å². The minimum atomic E-state index is -0.727. The van der Waals surface area contributed by atoms with E-state index in [9.17, 15) is 9.18 Å². The number of anilines is 1. The van der Waals surface area contributed by atoms with Crippen molar-refractivity contribution in [2.75, 3.05) is 12.0 Å². The average Bonchev–Trinajstić information content (AvgIpc) is 3.36. The number of nitrogens with zero attached hydrogens (tertiary/aromatic N) is 4. The topological polar surface area (TPSA) is 88.0 Å². The molecule has 1 aliphatic carbocycles. The largest absolute Gasteiger partial charge is 0.309 e. The molecule has 3 aromatic heterocycles. The van der Waals surface area contributed by atoms with Crippen molar-refractivity contribution >= 4 is 39.9 Å². The zero-order valence-electron chi connectivity index (χ0n) is 15.9. The number of alkyl halides is 1. The Balaban J connectivity index is 1.62. The number of hydrogen-bond acceptors (Lipinski definition) is 4. The van der Waals surface area contributed by atoms with Crippen LogP contribution in [0.25, 0.3) is 27.8 Å². The Hall–Kier alpha value is -3.07. The summed E-state index contributed by atoms with van der Waals surface area (Å²) in [4.78, 5) is 20.7. The van der Waals surface area contributed by atoms with E-state index in [1.54, 1.807) is 23.7 Å². The van der Waals surface area contributed by atoms with Crippen molar-refractivity contribution in [2.45, 2.75) is 25.7 Å². The first kappa shape index (κ1) is 18.9. The number of nitrogens with one attached hydrogen (secondary N) is 2. The molecule has 1 fully saturated rings. The van der Waals surface area contributed by atoms with E-state index in [1.807, 2.05) is 0 Å². The van der Waals surface area contributed by atoms with Gasteiger partial charge in [-0.05, 0) is 12.8 Å². The summed E-state index contributed by atoms with van der Waals surface area (Å²) >= 11 is 6.38. The number of carbonyl (C=O) groups is 1. The molecule has 0 bridgehead atoms. The summed E-state index contributed by atoms with van der Waals surface area (Å²) in [5.41, 5.74) is 1.82. The Morgan fingerprint density at radius 1 is 1.40 bits per heavy atom. The fourth-order valence-corrected chi connectivity index (χ4v) is 3.89. The summed E-state index contributed by atoms with van der Waals surface area (Å²) in [6.07, 6.45) is 8.14. The summed E-state index contributed by atoms with van der Waals surface area (Å²) in [5.74, 6) is -0.942. The molecule has 1 aromatic carbocycles. The van der Waals surface area contributed by atoms with Crippen LogP contribution in [0.4, 0.5) is 14.6 Å². The number of aromatic nitrogens is 5. The van der Waals surface area contributed by atoms with Crippen LogP contribution in [0.5, 0.6) is 0 Å². The van der Waals surface area contributed by atoms with Crippen LogP contribution in [0.1, 0.15) is 31.2 Å². The van der Waals surface area contributed by atoms with Crippen LogP contribution in [0.15, 0.2) is 24.8 Å². The van der Waals surface area contributed by atoms with Gasteiger partial charge in [0, 0.05) is 34.5 Å². The number of amides is 1. The average molecular weight is 431 g/mol. The lowest BCUT2D eigenvalue weighted by atomic mass is 9.95. The third-order valence-electron chi connectivity index (χ3n) is 5.35. The van der Waals surface area contributed by atoms with Crippen molar-refractivity contribution in [1.29, 1.82) is 0 Å². The van der Waals surface area contributed by atoms with Gasteiger partial charge >= 0.3 is 0 Å². The molecule has 1 amide bonds. The number of H-pyrrole nitrogens is 1. The monoisotopic (exact) mass is 430 g/mol. The maximum absolute atomic E-state index is 15.1. The van der Waals surface area contributed by atoms with Gasteiger partial charge in [0.05, 0.1) is 41.5 Å². The van der Waals surface area contributed by atoms with E-state index < -0.39 is 18.4 Å². The molecule has 154 valence electrons. The lowest BCUT2D eigenvalue weighted by Crippen LogP contribution is -2.13. The lowest BCUT2D eigenvalue weighted by Gasteiger charge is -2.15. The van der Waals surface area contributed by atoms with Gasteiger partial charge in [0.2, 0.25) is 5.91 Å². The third kappa shape index (κ3) is 3.00. The van der Waals surface area contributed by atoms with Gasteiger partial charge in [-0.3, -0.25) is 19.3 Å². The standard InChI is InChI=1S/C20H17ClF2N6O/c1-9(4-22)15-18(23)17(21)16(11-5-25-28-19(11)15)12-7-29-8-13(26-14(29)6-24-12)27-20(30)10-2-3-10/h5-10H,2-4H2,1H3,(H,25,28)(H,27,30). The van der Waals surface area contributed by atoms with Crippen molar-refractivity contribution in [3.8, 4) is 11.3 Å². The zero-order valence-corrected chi connectivity index (χ0v) is 16.7. The highest BCUT2D eigenvalue weighted by molar-refractivity contribution is 6.35. The van der Waals surface area contributed by atoms with Crippen LogP contribution in [0.2, 0.25) is 5.02 Å². The highest BCUT2D eigenvalue weighted by atomic mass is 35.5. The van der Waals surface area contributed by atoms with E-state index in [0.29, 0.717) is 33.6 Å². The van der Waals surface area contributed by atoms with Crippen LogP contribution in [0.3, 0.4) is 0 Å². The molecule has 0 aliphatic heterocycles. The molecule has 1 atom stereocenters. The Morgan fingerprint density at radius 2 is 2.20 bits per heavy atom. The summed E-state index contributed by atoms with van der Waals surface area (Å²) in [6.45, 7) is 0.858. The number of benzene rings is 1. The number of imidazole rings is 1. The number of halogens is 3. The maximum atomic E-state index is 15.1. The highest BCUT2D eigenvalue weighted by Gasteiger charge is 2.30. The van der Waals surface area contributed by atoms with Crippen molar-refractivity contribution < 1.29 is 13.6 Å². The van der Waals surface area contributed by atoms with Gasteiger partial charge in [0.1, 0.15) is 5.82 Å². The fourth-order valence-electron chi connectivity index (χ4n) is 3.59. The van der Waals surface area contributed by atoms with Crippen LogP contribution in [0, 0.1) is 11.7 Å². The van der Waals surface area contributed by atoms with Gasteiger partial charge < -0.3 is 9.72 Å². The van der Waals surface area contributed by atoms with Crippen LogP contribution < -0.4 is 5.32 Å². The minimum Gasteiger partial charge on any atom is -0.309 e. The molecule has 5 rings (SSSR count). The van der Waals surface area contributed by atoms with E-state index in [4.69, 9.17) is 11.6 Å². The quantitative estimate of drug-likeness (QED) is 0.488. The van der Waals surface area contributed by atoms with Gasteiger partial charge in [-0.1, -0.05) is 18.5 Å². The molecule has 1 aliphatic rings. The molecule has 10 heteroatoms. The summed E-state index contributed by atoms with van der Waals surface area (Å²) in [6, 6.07) is 0. The van der Waals surface area contributed by atoms with E-state index in [1.165, 1.54) is 12.4 Å². The number of hydrogen-bond donors (Lipinski definition) is 2. The smallest absolute Gasteiger partial charge is 0.228 e. The molecular formula is C20H17ClF2N6O. The first-order valence-electron chi connectivity index (χ1n) is 9.53. The highest BCUT2D eigenvalue weighted by Crippen LogP contribution is 2.40. The van der Waals surface area contributed by atoms with E-state index in [2.05, 4.69) is 25.5 Å². The molecular weight excluding hydrogens is 414 g/mol. The predicted octanol–water partition coefficient (Wildman–Crippen LogP) is 4.49. The number of rotatable bonds is 5. The summed E-state index contributed by atoms with van der Waals surface area (Å²) < 4.78 is 30.0. The Morgan fingerprint density at radius 3 is 2.93 bits per heavy atom. The molecule has 4 aromatic rings. The lowest BCUT2D eigenvalue weighted by molar-refractivity contribution is -0.117. The molecule has 7 nitrogen and oxygen atoms in total. The van der Waals surface area contributed by atoms with E-state index in [0.717, 1.165) is 12.8 Å². The van der Waals surface area contributed by atoms with Crippen molar-refractivity contribution in [2.24, 2.45) is 5.92 Å². The Kier molecular flexibility index (Phi) is 4.43. The molecule has 2 N–H and O–H groups in total. The van der Waals surface area contributed by atoms with Gasteiger partial charge in [0.15, 0.2) is 11.5 Å². The second-order valence-corrected chi connectivity index (χ2v) is 7.94. The van der Waals surface area contributed by atoms with E-state index >= 15 is 4.39 Å². The SMILES string of the molecule is CC(CF)c1c(F)c(Cl)c(-c2cn3cc(NC(=O)C4CC4)nc3cn2)c2cn[nH]c12. The van der Waals surface area contributed by atoms with Gasteiger partial charge in [0.25, 0.3) is 0 Å². The van der Waals surface area contributed by atoms with Crippen molar-refractivity contribution in [3.63, 3.8) is 0 Å². The van der Waals surface area contributed by atoms with Crippen molar-refractivity contribution in [3.05, 3.63) is 41.2 Å². The normalized spacial score (nSPS) is 15.1. The Bertz CT molecular complexity index is 1300. The zero-order chi connectivity index (χ0) is 21.0. The molecule has 0 saturated heterocycles. The predicted molar refractivity (Wildman–Crippen MR) is 109 cm³/mol. The maximum Gasteiger partial charge on any atom is 0.228 e. The van der Waals surface area contributed by atoms with Crippen molar-refractivity contribution in [1.82, 2.24) is 24.6 Å². The number of aromatic amines is 1. The Labute approximate surface area is 174 Å². The summed E-state index contributed by atoms with van der Waals surface area (Å²) in [5, 5.41) is 9.94. The number of fused-ring (bicyclic) bond motifs is 2. The fraction of sp³-hybridized carbons (Fsp3) is 0.300. The van der Waals surface area contributed by atoms with Gasteiger partial charge in [-0.15, -0.1) is 0 Å². The first-order chi connectivity index (χ1) is 14.5.